The van der Waals surface area contributed by atoms with Crippen LogP contribution < -0.4 is 4.43 Å². The second kappa shape index (κ2) is 7.07. The van der Waals surface area contributed by atoms with Crippen molar-refractivity contribution >= 4 is 25.7 Å². The highest BCUT2D eigenvalue weighted by Crippen LogP contribution is 2.20. The molecule has 0 fully saturated rings. The number of rotatable bonds is 6. The van der Waals surface area contributed by atoms with Crippen LogP contribution in [-0.2, 0) is 5.33 Å². The molecule has 0 spiro atoms. The summed E-state index contributed by atoms with van der Waals surface area (Å²) in [4.78, 5) is 0. The minimum Gasteiger partial charge on any atom is -0.549 e. The van der Waals surface area contributed by atoms with Crippen molar-refractivity contribution in [3.8, 4) is 5.75 Å². The zero-order valence-electron chi connectivity index (χ0n) is 8.63. The second-order valence-electron chi connectivity index (χ2n) is 3.30. The zero-order chi connectivity index (χ0) is 10.2. The Labute approximate surface area is 96.9 Å². The van der Waals surface area contributed by atoms with Gasteiger partial charge in [0.2, 0.25) is 9.76 Å². The van der Waals surface area contributed by atoms with Gasteiger partial charge in [0.25, 0.3) is 0 Å². The monoisotopic (exact) mass is 272 g/mol. The van der Waals surface area contributed by atoms with Gasteiger partial charge >= 0.3 is 0 Å². The van der Waals surface area contributed by atoms with Crippen LogP contribution in [0.1, 0.15) is 25.3 Å². The van der Waals surface area contributed by atoms with Gasteiger partial charge in [-0.15, -0.1) is 0 Å². The van der Waals surface area contributed by atoms with Crippen molar-refractivity contribution in [2.45, 2.75) is 31.1 Å². The average molecular weight is 273 g/mol. The van der Waals surface area contributed by atoms with Crippen LogP contribution in [0.15, 0.2) is 24.3 Å². The van der Waals surface area contributed by atoms with Gasteiger partial charge in [0, 0.05) is 10.9 Å². The van der Waals surface area contributed by atoms with Crippen LogP contribution >= 0.6 is 15.9 Å². The van der Waals surface area contributed by atoms with E-state index in [9.17, 15) is 0 Å². The van der Waals surface area contributed by atoms with Crippen LogP contribution in [-0.4, -0.2) is 9.76 Å². The largest absolute Gasteiger partial charge is 0.549 e. The third-order valence-electron chi connectivity index (χ3n) is 2.12. The van der Waals surface area contributed by atoms with Crippen molar-refractivity contribution < 1.29 is 4.43 Å². The molecule has 1 rings (SSSR count). The smallest absolute Gasteiger partial charge is 0.219 e. The summed E-state index contributed by atoms with van der Waals surface area (Å²) in [6, 6.07) is 9.55. The molecule has 3 heteroatoms. The highest BCUT2D eigenvalue weighted by atomic mass is 79.9. The van der Waals surface area contributed by atoms with Crippen LogP contribution in [0.3, 0.4) is 0 Å². The Morgan fingerprint density at radius 2 is 2.14 bits per heavy atom. The molecule has 0 amide bonds. The first-order valence-corrected chi connectivity index (χ1v) is 7.85. The fourth-order valence-corrected chi connectivity index (χ4v) is 3.10. The third-order valence-corrected chi connectivity index (χ3v) is 4.03. The van der Waals surface area contributed by atoms with Crippen molar-refractivity contribution in [2.24, 2.45) is 0 Å². The fraction of sp³-hybridized carbons (Fsp3) is 0.455. The van der Waals surface area contributed by atoms with Crippen LogP contribution in [0.4, 0.5) is 0 Å². The molecule has 0 saturated heterocycles. The van der Waals surface area contributed by atoms with Crippen molar-refractivity contribution in [1.29, 1.82) is 0 Å². The van der Waals surface area contributed by atoms with Crippen LogP contribution in [0.5, 0.6) is 5.75 Å². The number of benzene rings is 1. The summed E-state index contributed by atoms with van der Waals surface area (Å²) in [6.07, 6.45) is 2.58. The molecule has 0 saturated carbocycles. The normalized spacial score (nSPS) is 11.0. The van der Waals surface area contributed by atoms with E-state index in [4.69, 9.17) is 4.43 Å². The molecule has 0 aliphatic rings. The Morgan fingerprint density at radius 3 is 2.86 bits per heavy atom. The van der Waals surface area contributed by atoms with Crippen LogP contribution in [0.25, 0.3) is 0 Å². The molecule has 0 bridgehead atoms. The molecular weight excluding hydrogens is 256 g/mol. The second-order valence-corrected chi connectivity index (χ2v) is 5.26. The standard InChI is InChI=1S/C11H17BrOSi/c1-2-3-8-14-13-11-7-5-4-6-10(11)9-12/h4-7H,2-3,8-9,14H2,1H3. The lowest BCUT2D eigenvalue weighted by Gasteiger charge is -2.09. The first-order chi connectivity index (χ1) is 6.88. The minimum atomic E-state index is -0.350. The Morgan fingerprint density at radius 1 is 1.36 bits per heavy atom. The molecule has 1 aromatic rings. The summed E-state index contributed by atoms with van der Waals surface area (Å²) in [5.74, 6) is 1.08. The molecule has 1 aromatic carbocycles. The lowest BCUT2D eigenvalue weighted by Crippen LogP contribution is -2.02. The maximum atomic E-state index is 5.84. The molecule has 0 radical (unpaired) electrons. The SMILES string of the molecule is CCCC[SiH2]Oc1ccccc1CBr. The summed E-state index contributed by atoms with van der Waals surface area (Å²) >= 11 is 3.47. The fourth-order valence-electron chi connectivity index (χ4n) is 1.29. The highest BCUT2D eigenvalue weighted by Gasteiger charge is 2.00. The Balaban J connectivity index is 2.41. The van der Waals surface area contributed by atoms with E-state index in [1.165, 1.54) is 24.4 Å². The lowest BCUT2D eigenvalue weighted by molar-refractivity contribution is 0.582. The van der Waals surface area contributed by atoms with Gasteiger partial charge in [0.1, 0.15) is 5.75 Å². The van der Waals surface area contributed by atoms with Crippen LogP contribution in [0.2, 0.25) is 6.04 Å². The third kappa shape index (κ3) is 3.84. The number of hydrogen-bond acceptors (Lipinski definition) is 1. The summed E-state index contributed by atoms with van der Waals surface area (Å²) < 4.78 is 5.84. The topological polar surface area (TPSA) is 9.23 Å². The maximum Gasteiger partial charge on any atom is 0.219 e. The van der Waals surface area contributed by atoms with Gasteiger partial charge in [-0.2, -0.15) is 0 Å². The quantitative estimate of drug-likeness (QED) is 0.439. The van der Waals surface area contributed by atoms with Crippen molar-refractivity contribution in [3.05, 3.63) is 29.8 Å². The maximum absolute atomic E-state index is 5.84. The van der Waals surface area contributed by atoms with E-state index in [-0.39, 0.29) is 9.76 Å². The van der Waals surface area contributed by atoms with Gasteiger partial charge in [-0.05, 0) is 12.1 Å². The molecule has 78 valence electrons. The van der Waals surface area contributed by atoms with Crippen molar-refractivity contribution in [2.75, 3.05) is 0 Å². The molecule has 0 N–H and O–H groups in total. The molecule has 0 aliphatic heterocycles. The van der Waals surface area contributed by atoms with Gasteiger partial charge in [-0.25, -0.2) is 0 Å². The summed E-state index contributed by atoms with van der Waals surface area (Å²) in [5, 5.41) is 0.880. The van der Waals surface area contributed by atoms with Gasteiger partial charge in [-0.1, -0.05) is 53.9 Å². The number of unbranched alkanes of at least 4 members (excludes halogenated alkanes) is 1. The first-order valence-electron chi connectivity index (χ1n) is 5.15. The first kappa shape index (κ1) is 11.8. The summed E-state index contributed by atoms with van der Waals surface area (Å²) in [6.45, 7) is 2.22. The van der Waals surface area contributed by atoms with E-state index < -0.39 is 0 Å². The number of hydrogen-bond donors (Lipinski definition) is 0. The predicted molar refractivity (Wildman–Crippen MR) is 68.0 cm³/mol. The Hall–Kier alpha value is -0.283. The van der Waals surface area contributed by atoms with Crippen molar-refractivity contribution in [1.82, 2.24) is 0 Å². The molecule has 0 aliphatic carbocycles. The van der Waals surface area contributed by atoms with E-state index in [0.29, 0.717) is 0 Å². The van der Waals surface area contributed by atoms with E-state index in [2.05, 4.69) is 41.1 Å². The summed E-state index contributed by atoms with van der Waals surface area (Å²) in [7, 11) is -0.350. The number of halogens is 1. The molecule has 0 heterocycles. The number of alkyl halides is 1. The predicted octanol–water partition coefficient (Wildman–Crippen LogP) is 3.26. The Kier molecular flexibility index (Phi) is 5.95. The van der Waals surface area contributed by atoms with Crippen LogP contribution in [0, 0.1) is 0 Å². The van der Waals surface area contributed by atoms with E-state index in [0.717, 1.165) is 11.1 Å². The molecule has 0 unspecified atom stereocenters. The van der Waals surface area contributed by atoms with Crippen molar-refractivity contribution in [3.63, 3.8) is 0 Å². The van der Waals surface area contributed by atoms with E-state index in [1.807, 2.05) is 6.07 Å². The minimum absolute atomic E-state index is 0.350. The average Bonchev–Trinajstić information content (AvgIpc) is 2.25. The van der Waals surface area contributed by atoms with E-state index in [1.54, 1.807) is 0 Å². The molecule has 0 aromatic heterocycles. The lowest BCUT2D eigenvalue weighted by atomic mass is 10.2. The van der Waals surface area contributed by atoms with Gasteiger partial charge < -0.3 is 4.43 Å². The van der Waals surface area contributed by atoms with Gasteiger partial charge in [0.15, 0.2) is 0 Å². The molecule has 14 heavy (non-hydrogen) atoms. The van der Waals surface area contributed by atoms with Gasteiger partial charge in [0.05, 0.1) is 0 Å². The number of para-hydroxylation sites is 1. The highest BCUT2D eigenvalue weighted by molar-refractivity contribution is 9.08. The Bertz CT molecular complexity index is 265. The molecular formula is C11H17BrOSi. The molecule has 1 nitrogen and oxygen atoms in total. The van der Waals surface area contributed by atoms with Gasteiger partial charge in [-0.3, -0.25) is 0 Å². The molecule has 0 atom stereocenters. The zero-order valence-corrected chi connectivity index (χ0v) is 11.6. The van der Waals surface area contributed by atoms with E-state index >= 15 is 0 Å². The summed E-state index contributed by atoms with van der Waals surface area (Å²) in [5.41, 5.74) is 1.26.